The minimum atomic E-state index is 0.332. The molecule has 3 N–H and O–H groups in total. The number of rotatable bonds is 2. The first-order valence-corrected chi connectivity index (χ1v) is 5.05. The van der Waals surface area contributed by atoms with E-state index in [1.54, 1.807) is 25.1 Å². The number of anilines is 1. The number of nitrogen functional groups attached to an aromatic ring is 1. The molecule has 0 amide bonds. The fourth-order valence-corrected chi connectivity index (χ4v) is 1.19. The largest absolute Gasteiger partial charge is 0.368 e. The Kier molecular flexibility index (Phi) is 5.36. The Morgan fingerprint density at radius 1 is 1.26 bits per heavy atom. The number of carbonyl (C=O) groups excluding carboxylic acids is 2. The summed E-state index contributed by atoms with van der Waals surface area (Å²) in [6.07, 6.45) is 4.16. The number of hydrogen-bond donors (Lipinski definition) is 2. The van der Waals surface area contributed by atoms with Crippen molar-refractivity contribution < 1.29 is 9.59 Å². The van der Waals surface area contributed by atoms with Crippen LogP contribution in [0.4, 0.5) is 17.3 Å². The Balaban J connectivity index is 0.000000250. The highest BCUT2D eigenvalue weighted by Crippen LogP contribution is 2.30. The third-order valence-electron chi connectivity index (χ3n) is 1.97. The summed E-state index contributed by atoms with van der Waals surface area (Å²) in [4.78, 5) is 30.4. The molecule has 0 radical (unpaired) electrons. The van der Waals surface area contributed by atoms with E-state index in [2.05, 4.69) is 25.2 Å². The Morgan fingerprint density at radius 3 is 2.47 bits per heavy atom. The van der Waals surface area contributed by atoms with Crippen LogP contribution in [0.2, 0.25) is 0 Å². The number of aryl methyl sites for hydroxylation is 1. The Morgan fingerprint density at radius 2 is 2.00 bits per heavy atom. The van der Waals surface area contributed by atoms with Crippen LogP contribution in [0, 0.1) is 6.92 Å². The van der Waals surface area contributed by atoms with Crippen LogP contribution in [0.25, 0.3) is 0 Å². The van der Waals surface area contributed by atoms with E-state index in [0.29, 0.717) is 17.3 Å². The predicted octanol–water partition coefficient (Wildman–Crippen LogP) is 1.32. The van der Waals surface area contributed by atoms with Gasteiger partial charge in [-0.05, 0) is 18.6 Å². The molecule has 0 atom stereocenters. The van der Waals surface area contributed by atoms with Crippen LogP contribution in [-0.4, -0.2) is 27.3 Å². The van der Waals surface area contributed by atoms with Crippen molar-refractivity contribution in [3.63, 3.8) is 0 Å². The second-order valence-electron chi connectivity index (χ2n) is 3.22. The van der Waals surface area contributed by atoms with Gasteiger partial charge >= 0.3 is 0 Å². The van der Waals surface area contributed by atoms with Crippen molar-refractivity contribution in [2.24, 2.45) is 9.98 Å². The van der Waals surface area contributed by atoms with Gasteiger partial charge in [-0.25, -0.2) is 19.7 Å². The van der Waals surface area contributed by atoms with Gasteiger partial charge in [-0.2, -0.15) is 15.1 Å². The van der Waals surface area contributed by atoms with Crippen LogP contribution >= 0.6 is 0 Å². The molecule has 1 aromatic heterocycles. The molecule has 0 unspecified atom stereocenters. The normalized spacial score (nSPS) is 8.47. The van der Waals surface area contributed by atoms with Gasteiger partial charge < -0.3 is 5.73 Å². The topological polar surface area (TPSA) is 126 Å². The van der Waals surface area contributed by atoms with Gasteiger partial charge in [-0.3, -0.25) is 0 Å². The maximum Gasteiger partial charge on any atom is 0.240 e. The van der Waals surface area contributed by atoms with Crippen LogP contribution in [0.15, 0.2) is 34.5 Å². The van der Waals surface area contributed by atoms with Gasteiger partial charge in [0.25, 0.3) is 0 Å². The van der Waals surface area contributed by atoms with E-state index in [4.69, 9.17) is 5.73 Å². The van der Waals surface area contributed by atoms with Crippen LogP contribution in [0.3, 0.4) is 0 Å². The van der Waals surface area contributed by atoms with E-state index in [1.807, 2.05) is 0 Å². The first-order chi connectivity index (χ1) is 9.19. The molecule has 0 saturated carbocycles. The van der Waals surface area contributed by atoms with Gasteiger partial charge in [0.05, 0.1) is 0 Å². The van der Waals surface area contributed by atoms with E-state index < -0.39 is 0 Å². The second-order valence-corrected chi connectivity index (χ2v) is 3.22. The van der Waals surface area contributed by atoms with Crippen molar-refractivity contribution in [2.75, 3.05) is 5.73 Å². The lowest BCUT2D eigenvalue weighted by atomic mass is 10.2. The summed E-state index contributed by atoms with van der Waals surface area (Å²) in [6.45, 7) is 1.76. The number of nitrogens with one attached hydrogen (secondary N) is 1. The van der Waals surface area contributed by atoms with E-state index in [9.17, 15) is 9.59 Å². The van der Waals surface area contributed by atoms with Gasteiger partial charge in [0.15, 0.2) is 0 Å². The molecule has 0 aliphatic rings. The highest BCUT2D eigenvalue weighted by Gasteiger charge is 2.02. The van der Waals surface area contributed by atoms with Crippen molar-refractivity contribution >= 4 is 29.5 Å². The van der Waals surface area contributed by atoms with E-state index >= 15 is 0 Å². The summed E-state index contributed by atoms with van der Waals surface area (Å²) in [5.74, 6) is 0.356. The quantitative estimate of drug-likeness (QED) is 0.620. The zero-order chi connectivity index (χ0) is 14.1. The molecule has 1 heterocycles. The molecule has 0 saturated heterocycles. The summed E-state index contributed by atoms with van der Waals surface area (Å²) < 4.78 is 0. The van der Waals surface area contributed by atoms with Crippen molar-refractivity contribution in [3.05, 3.63) is 30.1 Å². The van der Waals surface area contributed by atoms with Crippen molar-refractivity contribution in [1.82, 2.24) is 15.2 Å². The van der Waals surface area contributed by atoms with Crippen LogP contribution in [-0.2, 0) is 9.59 Å². The van der Waals surface area contributed by atoms with Crippen molar-refractivity contribution in [3.8, 4) is 0 Å². The zero-order valence-corrected chi connectivity index (χ0v) is 9.99. The van der Waals surface area contributed by atoms with Crippen molar-refractivity contribution in [1.29, 1.82) is 0 Å². The molecule has 0 aliphatic heterocycles. The highest BCUT2D eigenvalue weighted by molar-refractivity contribution is 5.71. The second kappa shape index (κ2) is 7.29. The Bertz CT molecular complexity index is 625. The maximum atomic E-state index is 10.1. The molecule has 2 aromatic rings. The summed E-state index contributed by atoms with van der Waals surface area (Å²) >= 11 is 0. The van der Waals surface area contributed by atoms with Gasteiger partial charge in [-0.15, -0.1) is 0 Å². The number of H-pyrrole nitrogens is 1. The summed E-state index contributed by atoms with van der Waals surface area (Å²) in [5, 5.41) is 5.88. The standard InChI is InChI=1S/C9H6N2O2.C2H4N4/c1-7-3-2-4-8(10-5-12)9(7)11-6-13;3-2-4-1-5-6-2/h2-4H,1H3;1H,(H3,3,4,5,6). The highest BCUT2D eigenvalue weighted by atomic mass is 16.1. The molecule has 19 heavy (non-hydrogen) atoms. The number of aromatic nitrogens is 3. The third kappa shape index (κ3) is 4.35. The Hall–Kier alpha value is -3.08. The average molecular weight is 258 g/mol. The van der Waals surface area contributed by atoms with Gasteiger partial charge in [0, 0.05) is 0 Å². The number of nitrogens with two attached hydrogens (primary N) is 1. The minimum Gasteiger partial charge on any atom is -0.368 e. The molecule has 0 spiro atoms. The summed E-state index contributed by atoms with van der Waals surface area (Å²) in [5.41, 5.74) is 6.51. The lowest BCUT2D eigenvalue weighted by Crippen LogP contribution is -1.84. The molecule has 8 nitrogen and oxygen atoms in total. The minimum absolute atomic E-state index is 0.332. The number of nitrogens with zero attached hydrogens (tertiary/aromatic N) is 4. The molecule has 8 heteroatoms. The molecular formula is C11H10N6O2. The SMILES string of the molecule is Cc1cccc(N=C=O)c1N=C=O.Nc1ncn[nH]1. The van der Waals surface area contributed by atoms with Crippen LogP contribution in [0.1, 0.15) is 5.56 Å². The molecule has 0 bridgehead atoms. The van der Waals surface area contributed by atoms with Gasteiger partial charge in [0.1, 0.15) is 17.7 Å². The fraction of sp³-hybridized carbons (Fsp3) is 0.0909. The Labute approximate surface area is 108 Å². The molecule has 0 aliphatic carbocycles. The third-order valence-corrected chi connectivity index (χ3v) is 1.97. The first kappa shape index (κ1) is 14.0. The smallest absolute Gasteiger partial charge is 0.240 e. The van der Waals surface area contributed by atoms with Crippen LogP contribution in [0.5, 0.6) is 0 Å². The fourth-order valence-electron chi connectivity index (χ4n) is 1.19. The first-order valence-electron chi connectivity index (χ1n) is 5.05. The zero-order valence-electron chi connectivity index (χ0n) is 9.99. The van der Waals surface area contributed by atoms with Gasteiger partial charge in [0.2, 0.25) is 18.1 Å². The lowest BCUT2D eigenvalue weighted by molar-refractivity contribution is 0.564. The number of isocyanates is 2. The molecular weight excluding hydrogens is 248 g/mol. The lowest BCUT2D eigenvalue weighted by Gasteiger charge is -1.99. The molecule has 2 rings (SSSR count). The van der Waals surface area contributed by atoms with Crippen molar-refractivity contribution in [2.45, 2.75) is 6.92 Å². The number of aromatic amines is 1. The summed E-state index contributed by atoms with van der Waals surface area (Å²) in [7, 11) is 0. The molecule has 96 valence electrons. The van der Waals surface area contributed by atoms with Gasteiger partial charge in [-0.1, -0.05) is 12.1 Å². The molecule has 0 fully saturated rings. The van der Waals surface area contributed by atoms with E-state index in [0.717, 1.165) is 5.56 Å². The molecule has 1 aromatic carbocycles. The average Bonchev–Trinajstić information content (AvgIpc) is 2.86. The van der Waals surface area contributed by atoms with E-state index in [-0.39, 0.29) is 0 Å². The van der Waals surface area contributed by atoms with E-state index in [1.165, 1.54) is 18.5 Å². The number of aliphatic imine (C=N–C) groups is 2. The monoisotopic (exact) mass is 258 g/mol. The number of benzene rings is 1. The number of hydrogen-bond acceptors (Lipinski definition) is 7. The van der Waals surface area contributed by atoms with Crippen LogP contribution < -0.4 is 5.73 Å². The predicted molar refractivity (Wildman–Crippen MR) is 67.5 cm³/mol. The number of para-hydroxylation sites is 1. The maximum absolute atomic E-state index is 10.1. The summed E-state index contributed by atoms with van der Waals surface area (Å²) in [6, 6.07) is 5.06.